The van der Waals surface area contributed by atoms with E-state index in [-0.39, 0.29) is 18.7 Å². The summed E-state index contributed by atoms with van der Waals surface area (Å²) in [7, 11) is 0. The highest BCUT2D eigenvalue weighted by molar-refractivity contribution is 6.31. The molecule has 0 aliphatic heterocycles. The van der Waals surface area contributed by atoms with Gasteiger partial charge in [-0.3, -0.25) is 4.79 Å². The lowest BCUT2D eigenvalue weighted by atomic mass is 10.0. The van der Waals surface area contributed by atoms with Crippen LogP contribution in [0.2, 0.25) is 5.02 Å². The highest BCUT2D eigenvalue weighted by Gasteiger charge is 2.21. The molecule has 7 nitrogen and oxygen atoms in total. The summed E-state index contributed by atoms with van der Waals surface area (Å²) >= 11 is 6.23. The van der Waals surface area contributed by atoms with E-state index in [4.69, 9.17) is 25.6 Å². The van der Waals surface area contributed by atoms with Crippen molar-refractivity contribution < 1.29 is 23.6 Å². The summed E-state index contributed by atoms with van der Waals surface area (Å²) in [6.45, 7) is 5.60. The summed E-state index contributed by atoms with van der Waals surface area (Å²) in [5.74, 6) is -0.380. The Labute approximate surface area is 214 Å². The lowest BCUT2D eigenvalue weighted by Gasteiger charge is -2.15. The summed E-state index contributed by atoms with van der Waals surface area (Å²) in [6.07, 6.45) is -0.489. The van der Waals surface area contributed by atoms with Gasteiger partial charge < -0.3 is 14.0 Å². The van der Waals surface area contributed by atoms with Crippen molar-refractivity contribution in [2.45, 2.75) is 33.3 Å². The van der Waals surface area contributed by atoms with Gasteiger partial charge in [0.2, 0.25) is 0 Å². The van der Waals surface area contributed by atoms with E-state index < -0.39 is 18.0 Å². The van der Waals surface area contributed by atoms with Crippen molar-refractivity contribution in [3.8, 4) is 22.6 Å². The maximum absolute atomic E-state index is 12.7. The summed E-state index contributed by atoms with van der Waals surface area (Å²) in [5.41, 5.74) is 4.46. The molecule has 0 bridgehead atoms. The summed E-state index contributed by atoms with van der Waals surface area (Å²) in [4.78, 5) is 29.1. The van der Waals surface area contributed by atoms with Crippen LogP contribution in [0, 0.1) is 6.92 Å². The van der Waals surface area contributed by atoms with Crippen LogP contribution in [-0.4, -0.2) is 28.7 Å². The number of carbonyl (C=O) groups excluding carboxylic acids is 2. The Balaban J connectivity index is 1.51. The third kappa shape index (κ3) is 5.63. The van der Waals surface area contributed by atoms with Crippen molar-refractivity contribution >= 4 is 23.5 Å². The molecule has 2 aromatic carbocycles. The van der Waals surface area contributed by atoms with Crippen LogP contribution < -0.4 is 0 Å². The molecule has 0 fully saturated rings. The predicted molar refractivity (Wildman–Crippen MR) is 136 cm³/mol. The standard InChI is InChI=1S/C28H25ClN2O5/c1-4-34-28(33)25-11-7-10-24(30-25)19-12-14-20(15-13-19)27-22(17(2)31-36-27)16-26(32)35-18(3)21-8-5-6-9-23(21)29/h5-15,18H,4,16H2,1-3H3. The fourth-order valence-electron chi connectivity index (χ4n) is 3.78. The number of hydrogen-bond acceptors (Lipinski definition) is 7. The molecule has 0 saturated carbocycles. The van der Waals surface area contributed by atoms with Crippen LogP contribution in [0.3, 0.4) is 0 Å². The molecule has 0 N–H and O–H groups in total. The number of esters is 2. The largest absolute Gasteiger partial charge is 0.461 e. The monoisotopic (exact) mass is 504 g/mol. The fourth-order valence-corrected chi connectivity index (χ4v) is 4.07. The lowest BCUT2D eigenvalue weighted by molar-refractivity contribution is -0.147. The average Bonchev–Trinajstić information content (AvgIpc) is 3.24. The highest BCUT2D eigenvalue weighted by atomic mass is 35.5. The first kappa shape index (κ1) is 25.1. The summed E-state index contributed by atoms with van der Waals surface area (Å²) in [5, 5.41) is 4.60. The summed E-state index contributed by atoms with van der Waals surface area (Å²) in [6, 6.07) is 19.9. The Bertz CT molecular complexity index is 1380. The molecule has 1 atom stereocenters. The van der Waals surface area contributed by atoms with Crippen LogP contribution >= 0.6 is 11.6 Å². The summed E-state index contributed by atoms with van der Waals surface area (Å²) < 4.78 is 16.2. The van der Waals surface area contributed by atoms with Gasteiger partial charge in [0, 0.05) is 27.3 Å². The first-order valence-corrected chi connectivity index (χ1v) is 11.9. The van der Waals surface area contributed by atoms with Crippen molar-refractivity contribution in [1.29, 1.82) is 0 Å². The number of halogens is 1. The second-order valence-corrected chi connectivity index (χ2v) is 8.52. The maximum atomic E-state index is 12.7. The minimum absolute atomic E-state index is 0.00432. The molecule has 0 radical (unpaired) electrons. The number of aromatic nitrogens is 2. The van der Waals surface area contributed by atoms with Crippen molar-refractivity contribution in [3.05, 3.63) is 94.3 Å². The molecule has 0 aliphatic carbocycles. The van der Waals surface area contributed by atoms with Crippen LogP contribution in [0.25, 0.3) is 22.6 Å². The van der Waals surface area contributed by atoms with E-state index in [1.54, 1.807) is 39.0 Å². The quantitative estimate of drug-likeness (QED) is 0.257. The van der Waals surface area contributed by atoms with Gasteiger partial charge in [0.25, 0.3) is 0 Å². The minimum atomic E-state index is -0.494. The normalized spacial score (nSPS) is 11.7. The molecule has 8 heteroatoms. The predicted octanol–water partition coefficient (Wildman–Crippen LogP) is 6.39. The van der Waals surface area contributed by atoms with Gasteiger partial charge in [-0.25, -0.2) is 9.78 Å². The Morgan fingerprint density at radius 1 is 1.00 bits per heavy atom. The van der Waals surface area contributed by atoms with Crippen molar-refractivity contribution in [2.75, 3.05) is 6.61 Å². The van der Waals surface area contributed by atoms with Gasteiger partial charge in [0.15, 0.2) is 5.76 Å². The topological polar surface area (TPSA) is 91.5 Å². The number of rotatable bonds is 8. The van der Waals surface area contributed by atoms with Gasteiger partial charge in [0.05, 0.1) is 24.4 Å². The van der Waals surface area contributed by atoms with E-state index in [0.29, 0.717) is 27.7 Å². The number of nitrogens with zero attached hydrogens (tertiary/aromatic N) is 2. The Kier molecular flexibility index (Phi) is 7.80. The molecule has 36 heavy (non-hydrogen) atoms. The minimum Gasteiger partial charge on any atom is -0.461 e. The zero-order valence-electron chi connectivity index (χ0n) is 20.2. The van der Waals surface area contributed by atoms with Gasteiger partial charge in [-0.05, 0) is 39.0 Å². The van der Waals surface area contributed by atoms with Crippen LogP contribution in [-0.2, 0) is 20.7 Å². The zero-order chi connectivity index (χ0) is 25.7. The molecule has 2 heterocycles. The molecule has 184 valence electrons. The number of aryl methyl sites for hydroxylation is 1. The van der Waals surface area contributed by atoms with Gasteiger partial charge in [-0.1, -0.05) is 65.3 Å². The second-order valence-electron chi connectivity index (χ2n) is 8.11. The van der Waals surface area contributed by atoms with Crippen LogP contribution in [0.5, 0.6) is 0 Å². The van der Waals surface area contributed by atoms with Gasteiger partial charge in [0.1, 0.15) is 11.8 Å². The molecule has 2 aromatic heterocycles. The number of pyridine rings is 1. The fraction of sp³-hybridized carbons (Fsp3) is 0.214. The molecular weight excluding hydrogens is 480 g/mol. The van der Waals surface area contributed by atoms with Crippen molar-refractivity contribution in [1.82, 2.24) is 10.1 Å². The van der Waals surface area contributed by atoms with E-state index in [2.05, 4.69) is 10.1 Å². The third-order valence-corrected chi connectivity index (χ3v) is 5.98. The number of benzene rings is 2. The zero-order valence-corrected chi connectivity index (χ0v) is 20.9. The molecule has 4 rings (SSSR count). The van der Waals surface area contributed by atoms with Gasteiger partial charge in [-0.2, -0.15) is 0 Å². The smallest absolute Gasteiger partial charge is 0.356 e. The Morgan fingerprint density at radius 3 is 2.44 bits per heavy atom. The van der Waals surface area contributed by atoms with E-state index >= 15 is 0 Å². The number of carbonyl (C=O) groups is 2. The van der Waals surface area contributed by atoms with E-state index in [1.807, 2.05) is 48.5 Å². The van der Waals surface area contributed by atoms with Crippen molar-refractivity contribution in [2.24, 2.45) is 0 Å². The van der Waals surface area contributed by atoms with E-state index in [1.165, 1.54) is 0 Å². The van der Waals surface area contributed by atoms with E-state index in [9.17, 15) is 9.59 Å². The van der Waals surface area contributed by atoms with Crippen LogP contribution in [0.15, 0.2) is 71.3 Å². The molecule has 0 spiro atoms. The maximum Gasteiger partial charge on any atom is 0.356 e. The van der Waals surface area contributed by atoms with Crippen molar-refractivity contribution in [3.63, 3.8) is 0 Å². The number of hydrogen-bond donors (Lipinski definition) is 0. The molecule has 4 aromatic rings. The molecule has 1 unspecified atom stereocenters. The molecule has 0 saturated heterocycles. The number of ether oxygens (including phenoxy) is 2. The van der Waals surface area contributed by atoms with Gasteiger partial charge >= 0.3 is 11.9 Å². The first-order valence-electron chi connectivity index (χ1n) is 11.5. The van der Waals surface area contributed by atoms with Gasteiger partial charge in [-0.15, -0.1) is 0 Å². The van der Waals surface area contributed by atoms with E-state index in [0.717, 1.165) is 16.7 Å². The Hall–Kier alpha value is -3.97. The second kappa shape index (κ2) is 11.2. The highest BCUT2D eigenvalue weighted by Crippen LogP contribution is 2.30. The molecule has 0 aliphatic rings. The van der Waals surface area contributed by atoms with Crippen LogP contribution in [0.1, 0.15) is 47.3 Å². The Morgan fingerprint density at radius 2 is 1.72 bits per heavy atom. The first-order chi connectivity index (χ1) is 17.4. The molecule has 0 amide bonds. The third-order valence-electron chi connectivity index (χ3n) is 5.63. The van der Waals surface area contributed by atoms with Crippen LogP contribution in [0.4, 0.5) is 0 Å². The SMILES string of the molecule is CCOC(=O)c1cccc(-c2ccc(-c3onc(C)c3CC(=O)OC(C)c3ccccc3Cl)cc2)n1. The average molecular weight is 505 g/mol. The lowest BCUT2D eigenvalue weighted by Crippen LogP contribution is -2.12. The molecular formula is C28H25ClN2O5.